The molecule has 0 atom stereocenters. The van der Waals surface area contributed by atoms with Gasteiger partial charge in [-0.1, -0.05) is 18.7 Å². The molecule has 1 heterocycles. The van der Waals surface area contributed by atoms with Crippen LogP contribution in [0.25, 0.3) is 5.70 Å². The van der Waals surface area contributed by atoms with E-state index < -0.39 is 10.0 Å². The molecule has 0 radical (unpaired) electrons. The van der Waals surface area contributed by atoms with Gasteiger partial charge in [-0.3, -0.25) is 0 Å². The van der Waals surface area contributed by atoms with E-state index in [-0.39, 0.29) is 4.90 Å². The van der Waals surface area contributed by atoms with Crippen molar-refractivity contribution in [2.24, 2.45) is 0 Å². The Morgan fingerprint density at radius 3 is 2.65 bits per heavy atom. The van der Waals surface area contributed by atoms with Gasteiger partial charge < -0.3 is 10.4 Å². The Labute approximate surface area is 118 Å². The predicted molar refractivity (Wildman–Crippen MR) is 79.2 cm³/mol. The molecule has 0 amide bonds. The zero-order valence-corrected chi connectivity index (χ0v) is 12.2. The molecule has 0 unspecified atom stereocenters. The van der Waals surface area contributed by atoms with Gasteiger partial charge in [-0.25, -0.2) is 8.42 Å². The highest BCUT2D eigenvalue weighted by Gasteiger charge is 2.17. The van der Waals surface area contributed by atoms with Crippen LogP contribution in [0.2, 0.25) is 0 Å². The van der Waals surface area contributed by atoms with Crippen LogP contribution in [0.5, 0.6) is 0 Å². The van der Waals surface area contributed by atoms with Crippen LogP contribution in [0.1, 0.15) is 16.8 Å². The molecule has 1 aromatic carbocycles. The maximum Gasteiger partial charge on any atom is 0.257 e. The standard InChI is InChI=1S/C14H17N3O2S/c1-10-6-7-11(2)14(9-10)20(18,19)17-16-12(3)13-5-4-8-15-13/h4-9,15-17H,3H2,1-2H3. The molecule has 20 heavy (non-hydrogen) atoms. The number of hydrazine groups is 1. The molecule has 2 rings (SSSR count). The fourth-order valence-electron chi connectivity index (χ4n) is 1.77. The van der Waals surface area contributed by atoms with Gasteiger partial charge in [0.1, 0.15) is 0 Å². The van der Waals surface area contributed by atoms with Gasteiger partial charge in [-0.2, -0.15) is 0 Å². The van der Waals surface area contributed by atoms with E-state index in [4.69, 9.17) is 0 Å². The quantitative estimate of drug-likeness (QED) is 0.738. The third kappa shape index (κ3) is 3.09. The zero-order valence-electron chi connectivity index (χ0n) is 11.4. The first-order chi connectivity index (χ1) is 9.40. The van der Waals surface area contributed by atoms with E-state index in [1.54, 1.807) is 37.4 Å². The minimum absolute atomic E-state index is 0.254. The molecule has 0 aliphatic rings. The minimum atomic E-state index is -3.64. The average molecular weight is 291 g/mol. The summed E-state index contributed by atoms with van der Waals surface area (Å²) in [5.74, 6) is 0. The first-order valence-corrected chi connectivity index (χ1v) is 7.56. The van der Waals surface area contributed by atoms with Gasteiger partial charge in [0.05, 0.1) is 16.3 Å². The number of rotatable bonds is 5. The highest BCUT2D eigenvalue weighted by molar-refractivity contribution is 7.89. The van der Waals surface area contributed by atoms with Crippen LogP contribution in [0.4, 0.5) is 0 Å². The van der Waals surface area contributed by atoms with Crippen molar-refractivity contribution in [2.75, 3.05) is 0 Å². The van der Waals surface area contributed by atoms with E-state index in [0.717, 1.165) is 5.56 Å². The Balaban J connectivity index is 2.16. The Hall–Kier alpha value is -2.05. The molecule has 106 valence electrons. The summed E-state index contributed by atoms with van der Waals surface area (Å²) < 4.78 is 24.5. The lowest BCUT2D eigenvalue weighted by Crippen LogP contribution is -2.36. The van der Waals surface area contributed by atoms with Crippen LogP contribution in [0, 0.1) is 13.8 Å². The molecule has 2 aromatic rings. The second kappa shape index (κ2) is 5.52. The molecule has 0 saturated carbocycles. The van der Waals surface area contributed by atoms with Gasteiger partial charge in [0.25, 0.3) is 10.0 Å². The topological polar surface area (TPSA) is 74.0 Å². The van der Waals surface area contributed by atoms with Gasteiger partial charge in [0, 0.05) is 6.20 Å². The number of aromatic nitrogens is 1. The lowest BCUT2D eigenvalue weighted by atomic mass is 10.2. The molecule has 0 aliphatic carbocycles. The summed E-state index contributed by atoms with van der Waals surface area (Å²) in [7, 11) is -3.64. The second-order valence-corrected chi connectivity index (χ2v) is 6.21. The Morgan fingerprint density at radius 2 is 2.00 bits per heavy atom. The van der Waals surface area contributed by atoms with Crippen molar-refractivity contribution in [1.29, 1.82) is 0 Å². The third-order valence-electron chi connectivity index (χ3n) is 2.89. The largest absolute Gasteiger partial charge is 0.360 e. The van der Waals surface area contributed by atoms with Crippen molar-refractivity contribution in [1.82, 2.24) is 15.2 Å². The number of aryl methyl sites for hydroxylation is 2. The molecule has 0 aliphatic heterocycles. The predicted octanol–water partition coefficient (Wildman–Crippen LogP) is 2.09. The van der Waals surface area contributed by atoms with Crippen LogP contribution in [-0.2, 0) is 10.0 Å². The van der Waals surface area contributed by atoms with Crippen molar-refractivity contribution >= 4 is 15.7 Å². The summed E-state index contributed by atoms with van der Waals surface area (Å²) in [6.45, 7) is 7.37. The summed E-state index contributed by atoms with van der Waals surface area (Å²) in [5, 5.41) is 0. The molecule has 0 saturated heterocycles. The van der Waals surface area contributed by atoms with Crippen LogP contribution in [0.15, 0.2) is 48.0 Å². The van der Waals surface area contributed by atoms with Gasteiger partial charge in [-0.15, -0.1) is 4.83 Å². The molecule has 3 N–H and O–H groups in total. The molecular weight excluding hydrogens is 274 g/mol. The summed E-state index contributed by atoms with van der Waals surface area (Å²) in [6, 6.07) is 8.89. The lowest BCUT2D eigenvalue weighted by molar-refractivity contribution is 0.575. The van der Waals surface area contributed by atoms with Crippen molar-refractivity contribution < 1.29 is 8.42 Å². The summed E-state index contributed by atoms with van der Waals surface area (Å²) in [5.41, 5.74) is 5.35. The van der Waals surface area contributed by atoms with Crippen molar-refractivity contribution in [3.63, 3.8) is 0 Å². The molecule has 0 spiro atoms. The van der Waals surface area contributed by atoms with E-state index in [1.165, 1.54) is 0 Å². The van der Waals surface area contributed by atoms with E-state index >= 15 is 0 Å². The number of hydrogen-bond donors (Lipinski definition) is 3. The lowest BCUT2D eigenvalue weighted by Gasteiger charge is -2.12. The van der Waals surface area contributed by atoms with E-state index in [1.807, 2.05) is 13.0 Å². The summed E-state index contributed by atoms with van der Waals surface area (Å²) in [6.07, 6.45) is 1.74. The molecule has 0 bridgehead atoms. The average Bonchev–Trinajstić information content (AvgIpc) is 2.93. The molecule has 1 aromatic heterocycles. The Kier molecular flexibility index (Phi) is 3.96. The van der Waals surface area contributed by atoms with E-state index in [9.17, 15) is 8.42 Å². The number of sulfonamides is 1. The van der Waals surface area contributed by atoms with Crippen LogP contribution in [0.3, 0.4) is 0 Å². The van der Waals surface area contributed by atoms with Crippen LogP contribution < -0.4 is 10.3 Å². The highest BCUT2D eigenvalue weighted by atomic mass is 32.2. The monoisotopic (exact) mass is 291 g/mol. The fraction of sp³-hybridized carbons (Fsp3) is 0.143. The van der Waals surface area contributed by atoms with Crippen LogP contribution >= 0.6 is 0 Å². The fourth-order valence-corrected chi connectivity index (χ4v) is 2.97. The molecule has 5 nitrogen and oxygen atoms in total. The number of hydrogen-bond acceptors (Lipinski definition) is 3. The first kappa shape index (κ1) is 14.4. The van der Waals surface area contributed by atoms with Crippen molar-refractivity contribution in [2.45, 2.75) is 18.7 Å². The number of aromatic amines is 1. The van der Waals surface area contributed by atoms with Crippen molar-refractivity contribution in [3.8, 4) is 0 Å². The van der Waals surface area contributed by atoms with E-state index in [2.05, 4.69) is 21.8 Å². The number of H-pyrrole nitrogens is 1. The third-order valence-corrected chi connectivity index (χ3v) is 4.28. The smallest absolute Gasteiger partial charge is 0.257 e. The van der Waals surface area contributed by atoms with Crippen molar-refractivity contribution in [3.05, 3.63) is 59.9 Å². The maximum absolute atomic E-state index is 12.3. The molecule has 6 heteroatoms. The van der Waals surface area contributed by atoms with Gasteiger partial charge in [-0.05, 0) is 43.2 Å². The maximum atomic E-state index is 12.3. The summed E-state index contributed by atoms with van der Waals surface area (Å²) >= 11 is 0. The van der Waals surface area contributed by atoms with Gasteiger partial charge in [0.15, 0.2) is 0 Å². The first-order valence-electron chi connectivity index (χ1n) is 6.08. The zero-order chi connectivity index (χ0) is 14.8. The molecule has 0 fully saturated rings. The number of benzene rings is 1. The van der Waals surface area contributed by atoms with Gasteiger partial charge >= 0.3 is 0 Å². The Bertz CT molecular complexity index is 719. The highest BCUT2D eigenvalue weighted by Crippen LogP contribution is 2.16. The Morgan fingerprint density at radius 1 is 1.25 bits per heavy atom. The second-order valence-electron chi connectivity index (χ2n) is 4.56. The van der Waals surface area contributed by atoms with E-state index in [0.29, 0.717) is 17.0 Å². The minimum Gasteiger partial charge on any atom is -0.360 e. The SMILES string of the molecule is C=C(NNS(=O)(=O)c1cc(C)ccc1C)c1ccc[nH]1. The molecular formula is C14H17N3O2S. The van der Waals surface area contributed by atoms with Gasteiger partial charge in [0.2, 0.25) is 0 Å². The normalized spacial score (nSPS) is 11.3. The summed E-state index contributed by atoms with van der Waals surface area (Å²) in [4.78, 5) is 5.52. The number of nitrogens with one attached hydrogen (secondary N) is 3. The van der Waals surface area contributed by atoms with Crippen LogP contribution in [-0.4, -0.2) is 13.4 Å².